The third-order valence-corrected chi connectivity index (χ3v) is 3.40. The Labute approximate surface area is 113 Å². The lowest BCUT2D eigenvalue weighted by molar-refractivity contribution is -0.129. The Bertz CT molecular complexity index is 739. The predicted molar refractivity (Wildman–Crippen MR) is 67.8 cm³/mol. The Balaban J connectivity index is 2.45. The summed E-state index contributed by atoms with van der Waals surface area (Å²) < 4.78 is 30.7. The molecule has 0 aliphatic carbocycles. The van der Waals surface area contributed by atoms with E-state index < -0.39 is 26.9 Å². The molecule has 1 aromatic rings. The van der Waals surface area contributed by atoms with Crippen LogP contribution in [0.3, 0.4) is 0 Å². The van der Waals surface area contributed by atoms with Gasteiger partial charge in [0.1, 0.15) is 0 Å². The summed E-state index contributed by atoms with van der Waals surface area (Å²) in [5.41, 5.74) is 5.16. The third-order valence-electron chi connectivity index (χ3n) is 2.55. The summed E-state index contributed by atoms with van der Waals surface area (Å²) in [5.74, 6) is -1.93. The zero-order valence-corrected chi connectivity index (χ0v) is 10.7. The van der Waals surface area contributed by atoms with Crippen molar-refractivity contribution in [3.05, 3.63) is 18.2 Å². The van der Waals surface area contributed by atoms with Crippen LogP contribution in [0.25, 0.3) is 0 Å². The molecule has 20 heavy (non-hydrogen) atoms. The van der Waals surface area contributed by atoms with Crippen LogP contribution in [0.1, 0.15) is 6.42 Å². The van der Waals surface area contributed by atoms with E-state index in [9.17, 15) is 18.0 Å². The van der Waals surface area contributed by atoms with Gasteiger partial charge < -0.3 is 10.8 Å². The minimum Gasteiger partial charge on any atom is -0.477 e. The third kappa shape index (κ3) is 2.46. The van der Waals surface area contributed by atoms with E-state index in [4.69, 9.17) is 15.4 Å². The van der Waals surface area contributed by atoms with Crippen molar-refractivity contribution in [2.75, 3.05) is 10.7 Å². The highest BCUT2D eigenvalue weighted by Crippen LogP contribution is 2.29. The van der Waals surface area contributed by atoms with Gasteiger partial charge in [0.25, 0.3) is 16.0 Å². The lowest BCUT2D eigenvalue weighted by atomic mass is 10.2. The number of benzene rings is 1. The fraction of sp³-hybridized carbons (Fsp3) is 0.100. The number of rotatable bonds is 3. The van der Waals surface area contributed by atoms with Crippen LogP contribution >= 0.6 is 0 Å². The second-order valence-corrected chi connectivity index (χ2v) is 5.35. The van der Waals surface area contributed by atoms with Crippen LogP contribution in [0.2, 0.25) is 0 Å². The molecule has 1 aliphatic heterocycles. The van der Waals surface area contributed by atoms with Crippen molar-refractivity contribution in [2.24, 2.45) is 5.10 Å². The van der Waals surface area contributed by atoms with Gasteiger partial charge in [-0.3, -0.25) is 9.35 Å². The fourth-order valence-corrected chi connectivity index (χ4v) is 2.14. The average molecular weight is 299 g/mol. The number of anilines is 2. The second-order valence-electron chi connectivity index (χ2n) is 3.93. The summed E-state index contributed by atoms with van der Waals surface area (Å²) in [6.45, 7) is 0. The molecule has 0 unspecified atom stereocenters. The maximum Gasteiger partial charge on any atom is 0.352 e. The number of hydrazone groups is 1. The fourth-order valence-electron chi connectivity index (χ4n) is 1.62. The number of carboxylic acids is 1. The Hall–Kier alpha value is -2.46. The second kappa shape index (κ2) is 4.58. The van der Waals surface area contributed by atoms with Gasteiger partial charge in [0, 0.05) is 0 Å². The highest BCUT2D eigenvalue weighted by molar-refractivity contribution is 7.85. The van der Waals surface area contributed by atoms with E-state index >= 15 is 0 Å². The summed E-state index contributed by atoms with van der Waals surface area (Å²) in [6.07, 6.45) is -0.380. The first-order valence-electron chi connectivity index (χ1n) is 5.21. The van der Waals surface area contributed by atoms with Gasteiger partial charge in [-0.25, -0.2) is 4.79 Å². The van der Waals surface area contributed by atoms with E-state index in [0.717, 1.165) is 23.2 Å². The van der Waals surface area contributed by atoms with Gasteiger partial charge in [0.2, 0.25) is 0 Å². The van der Waals surface area contributed by atoms with E-state index in [1.807, 2.05) is 0 Å². The van der Waals surface area contributed by atoms with Gasteiger partial charge in [0.15, 0.2) is 5.71 Å². The molecule has 1 aromatic carbocycles. The largest absolute Gasteiger partial charge is 0.477 e. The summed E-state index contributed by atoms with van der Waals surface area (Å²) in [7, 11) is -4.42. The van der Waals surface area contributed by atoms with Gasteiger partial charge >= 0.3 is 5.97 Å². The number of nitrogens with two attached hydrogens (primary N) is 1. The van der Waals surface area contributed by atoms with Crippen LogP contribution in [-0.2, 0) is 19.7 Å². The molecule has 1 heterocycles. The molecule has 10 heteroatoms. The minimum atomic E-state index is -4.42. The topological polar surface area (TPSA) is 150 Å². The van der Waals surface area contributed by atoms with Crippen molar-refractivity contribution in [3.8, 4) is 0 Å². The first kappa shape index (κ1) is 14.0. The Morgan fingerprint density at radius 1 is 1.40 bits per heavy atom. The van der Waals surface area contributed by atoms with Crippen LogP contribution in [-0.4, -0.2) is 35.7 Å². The van der Waals surface area contributed by atoms with Crippen LogP contribution in [0.5, 0.6) is 0 Å². The van der Waals surface area contributed by atoms with E-state index in [2.05, 4.69) is 5.10 Å². The van der Waals surface area contributed by atoms with Crippen molar-refractivity contribution >= 4 is 39.1 Å². The van der Waals surface area contributed by atoms with Crippen LogP contribution in [0.15, 0.2) is 28.2 Å². The van der Waals surface area contributed by atoms with Gasteiger partial charge in [-0.1, -0.05) is 0 Å². The number of nitrogens with zero attached hydrogens (tertiary/aromatic N) is 2. The van der Waals surface area contributed by atoms with Crippen molar-refractivity contribution in [1.29, 1.82) is 0 Å². The highest BCUT2D eigenvalue weighted by Gasteiger charge is 2.30. The molecule has 2 rings (SSSR count). The molecular formula is C10H9N3O6S. The first-order valence-corrected chi connectivity index (χ1v) is 6.65. The Morgan fingerprint density at radius 3 is 2.50 bits per heavy atom. The quantitative estimate of drug-likeness (QED) is 0.511. The predicted octanol–water partition coefficient (Wildman–Crippen LogP) is -0.307. The molecule has 1 aliphatic rings. The van der Waals surface area contributed by atoms with E-state index in [1.165, 1.54) is 0 Å². The maximum absolute atomic E-state index is 11.6. The van der Waals surface area contributed by atoms with E-state index in [1.54, 1.807) is 0 Å². The maximum atomic E-state index is 11.6. The number of aliphatic carboxylic acids is 1. The van der Waals surface area contributed by atoms with Gasteiger partial charge in [-0.05, 0) is 18.2 Å². The van der Waals surface area contributed by atoms with Gasteiger partial charge in [-0.15, -0.1) is 0 Å². The first-order chi connectivity index (χ1) is 9.20. The standard InChI is InChI=1S/C10H9N3O6S/c11-6-3-5(20(17,18)19)1-2-8(6)13-9(14)4-7(12-13)10(15)16/h1-3H,4,11H2,(H,15,16)(H,17,18,19). The molecule has 0 saturated heterocycles. The van der Waals surface area contributed by atoms with Crippen molar-refractivity contribution < 1.29 is 27.7 Å². The molecule has 0 aromatic heterocycles. The molecule has 0 atom stereocenters. The zero-order valence-electron chi connectivity index (χ0n) is 9.85. The molecule has 0 radical (unpaired) electrons. The number of carbonyl (C=O) groups is 2. The van der Waals surface area contributed by atoms with Crippen molar-refractivity contribution in [3.63, 3.8) is 0 Å². The van der Waals surface area contributed by atoms with Crippen LogP contribution < -0.4 is 10.7 Å². The monoisotopic (exact) mass is 299 g/mol. The molecule has 1 amide bonds. The normalized spacial score (nSPS) is 15.3. The van der Waals surface area contributed by atoms with Crippen LogP contribution in [0, 0.1) is 0 Å². The Morgan fingerprint density at radius 2 is 2.05 bits per heavy atom. The summed E-state index contributed by atoms with van der Waals surface area (Å²) >= 11 is 0. The number of nitrogen functional groups attached to an aromatic ring is 1. The SMILES string of the molecule is Nc1cc(S(=O)(=O)O)ccc1N1N=C(C(=O)O)CC1=O. The minimum absolute atomic E-state index is 0.0404. The average Bonchev–Trinajstić information content (AvgIpc) is 2.70. The zero-order chi connectivity index (χ0) is 15.1. The highest BCUT2D eigenvalue weighted by atomic mass is 32.2. The van der Waals surface area contributed by atoms with Crippen molar-refractivity contribution in [1.82, 2.24) is 0 Å². The molecule has 0 saturated carbocycles. The number of hydrogen-bond acceptors (Lipinski definition) is 6. The molecule has 106 valence electrons. The molecule has 9 nitrogen and oxygen atoms in total. The molecule has 4 N–H and O–H groups in total. The van der Waals surface area contributed by atoms with Gasteiger partial charge in [-0.2, -0.15) is 18.5 Å². The smallest absolute Gasteiger partial charge is 0.352 e. The molecule has 0 spiro atoms. The summed E-state index contributed by atoms with van der Waals surface area (Å²) in [6, 6.07) is 3.14. The van der Waals surface area contributed by atoms with Crippen molar-refractivity contribution in [2.45, 2.75) is 11.3 Å². The summed E-state index contributed by atoms with van der Waals surface area (Å²) in [4.78, 5) is 22.0. The van der Waals surface area contributed by atoms with E-state index in [-0.39, 0.29) is 23.5 Å². The van der Waals surface area contributed by atoms with Crippen LogP contribution in [0.4, 0.5) is 11.4 Å². The number of hydrogen-bond donors (Lipinski definition) is 3. The lowest BCUT2D eigenvalue weighted by Crippen LogP contribution is -2.21. The van der Waals surface area contributed by atoms with Gasteiger partial charge in [0.05, 0.1) is 22.7 Å². The number of amides is 1. The molecule has 0 fully saturated rings. The lowest BCUT2D eigenvalue weighted by Gasteiger charge is -2.14. The number of carbonyl (C=O) groups excluding carboxylic acids is 1. The van der Waals surface area contributed by atoms with E-state index in [0.29, 0.717) is 0 Å². The summed E-state index contributed by atoms with van der Waals surface area (Å²) in [5, 5.41) is 13.1. The Kier molecular flexibility index (Phi) is 3.19. The molecule has 0 bridgehead atoms. The number of carboxylic acid groups (broad SMARTS) is 1. The molecular weight excluding hydrogens is 290 g/mol.